The van der Waals surface area contributed by atoms with Crippen molar-refractivity contribution in [3.63, 3.8) is 0 Å². The van der Waals surface area contributed by atoms with Crippen molar-refractivity contribution in [1.29, 1.82) is 0 Å². The third kappa shape index (κ3) is 3.85. The molecule has 0 bridgehead atoms. The first kappa shape index (κ1) is 15.3. The number of nitrogens with zero attached hydrogens (tertiary/aromatic N) is 1. The van der Waals surface area contributed by atoms with Gasteiger partial charge in [-0.2, -0.15) is 0 Å². The summed E-state index contributed by atoms with van der Waals surface area (Å²) in [6.45, 7) is 2.30. The zero-order valence-electron chi connectivity index (χ0n) is 10.7. The van der Waals surface area contributed by atoms with Crippen LogP contribution in [0.15, 0.2) is 10.9 Å². The minimum Gasteiger partial charge on any atom is -0.478 e. The second-order valence-corrected chi connectivity index (χ2v) is 4.05. The van der Waals surface area contributed by atoms with Crippen LogP contribution in [0.4, 0.5) is 8.78 Å². The Hall–Kier alpha value is -1.76. The molecule has 0 aliphatic heterocycles. The van der Waals surface area contributed by atoms with Crippen molar-refractivity contribution in [2.24, 2.45) is 0 Å². The van der Waals surface area contributed by atoms with E-state index in [4.69, 9.17) is 5.11 Å². The molecule has 1 N–H and O–H groups in total. The summed E-state index contributed by atoms with van der Waals surface area (Å²) in [7, 11) is 0. The van der Waals surface area contributed by atoms with E-state index in [2.05, 4.69) is 4.74 Å². The maximum atomic E-state index is 11.9. The molecule has 0 aliphatic carbocycles. The average molecular weight is 275 g/mol. The van der Waals surface area contributed by atoms with E-state index in [9.17, 15) is 18.4 Å². The molecule has 19 heavy (non-hydrogen) atoms. The first-order valence-corrected chi connectivity index (χ1v) is 5.64. The number of rotatable bonds is 6. The Morgan fingerprint density at radius 1 is 1.47 bits per heavy atom. The molecule has 0 aliphatic rings. The van der Waals surface area contributed by atoms with Gasteiger partial charge in [-0.3, -0.25) is 4.79 Å². The summed E-state index contributed by atoms with van der Waals surface area (Å²) < 4.78 is 29.6. The maximum absolute atomic E-state index is 11.9. The fraction of sp³-hybridized carbons (Fsp3) is 0.500. The van der Waals surface area contributed by atoms with Crippen molar-refractivity contribution in [1.82, 2.24) is 4.57 Å². The lowest BCUT2D eigenvalue weighted by molar-refractivity contribution is 0.0144. The Balaban J connectivity index is 2.92. The van der Waals surface area contributed by atoms with Crippen molar-refractivity contribution >= 4 is 5.97 Å². The number of aromatic nitrogens is 1. The summed E-state index contributed by atoms with van der Waals surface area (Å²) in [5, 5.41) is 9.06. The van der Waals surface area contributed by atoms with Gasteiger partial charge in [0.15, 0.2) is 0 Å². The molecule has 1 heterocycles. The number of alkyl halides is 2. The quantitative estimate of drug-likeness (QED) is 0.798. The van der Waals surface area contributed by atoms with Gasteiger partial charge in [-0.15, -0.1) is 0 Å². The van der Waals surface area contributed by atoms with Gasteiger partial charge in [-0.05, 0) is 19.4 Å². The number of carboxylic acids is 1. The van der Waals surface area contributed by atoms with Crippen LogP contribution < -0.4 is 5.56 Å². The van der Waals surface area contributed by atoms with Gasteiger partial charge >= 0.3 is 5.97 Å². The molecule has 0 fully saturated rings. The third-order valence-corrected chi connectivity index (χ3v) is 2.68. The third-order valence-electron chi connectivity index (χ3n) is 2.68. The van der Waals surface area contributed by atoms with E-state index in [-0.39, 0.29) is 30.0 Å². The van der Waals surface area contributed by atoms with E-state index >= 15 is 0 Å². The van der Waals surface area contributed by atoms with Gasteiger partial charge in [-0.25, -0.2) is 13.6 Å². The molecule has 0 unspecified atom stereocenters. The standard InChI is InChI=1S/C12H15F2NO4/c1-7-5-10(16)15(3-4-19-6-9(13)14)8(2)11(7)12(17)18/h5,9H,3-4,6H2,1-2H3,(H,17,18). The molecular weight excluding hydrogens is 260 g/mol. The van der Waals surface area contributed by atoms with Gasteiger partial charge in [0.05, 0.1) is 12.2 Å². The number of halogens is 2. The minimum absolute atomic E-state index is 0.0396. The highest BCUT2D eigenvalue weighted by Crippen LogP contribution is 2.11. The van der Waals surface area contributed by atoms with Crippen LogP contribution in [0, 0.1) is 13.8 Å². The highest BCUT2D eigenvalue weighted by molar-refractivity contribution is 5.90. The van der Waals surface area contributed by atoms with Crippen LogP contribution >= 0.6 is 0 Å². The van der Waals surface area contributed by atoms with E-state index in [1.165, 1.54) is 24.5 Å². The van der Waals surface area contributed by atoms with Gasteiger partial charge in [-0.1, -0.05) is 0 Å². The highest BCUT2D eigenvalue weighted by atomic mass is 19.3. The van der Waals surface area contributed by atoms with Crippen molar-refractivity contribution in [3.05, 3.63) is 33.2 Å². The average Bonchev–Trinajstić information content (AvgIpc) is 2.26. The zero-order chi connectivity index (χ0) is 14.6. The van der Waals surface area contributed by atoms with Gasteiger partial charge in [0.2, 0.25) is 0 Å². The van der Waals surface area contributed by atoms with Crippen molar-refractivity contribution in [2.45, 2.75) is 26.8 Å². The van der Waals surface area contributed by atoms with Crippen molar-refractivity contribution in [3.8, 4) is 0 Å². The first-order valence-electron chi connectivity index (χ1n) is 5.64. The molecule has 0 aromatic carbocycles. The van der Waals surface area contributed by atoms with Crippen LogP contribution in [-0.4, -0.2) is 35.3 Å². The van der Waals surface area contributed by atoms with Crippen LogP contribution in [0.3, 0.4) is 0 Å². The predicted octanol–water partition coefficient (Wildman–Crippen LogP) is 1.45. The largest absolute Gasteiger partial charge is 0.478 e. The van der Waals surface area contributed by atoms with Gasteiger partial charge in [0.1, 0.15) is 6.61 Å². The molecule has 1 aromatic heterocycles. The lowest BCUT2D eigenvalue weighted by Crippen LogP contribution is -2.27. The minimum atomic E-state index is -2.56. The fourth-order valence-corrected chi connectivity index (χ4v) is 1.85. The van der Waals surface area contributed by atoms with Crippen molar-refractivity contribution in [2.75, 3.05) is 13.2 Å². The molecule has 0 spiro atoms. The smallest absolute Gasteiger partial charge is 0.337 e. The van der Waals surface area contributed by atoms with E-state index < -0.39 is 19.0 Å². The lowest BCUT2D eigenvalue weighted by Gasteiger charge is -2.14. The number of hydrogen-bond donors (Lipinski definition) is 1. The summed E-state index contributed by atoms with van der Waals surface area (Å²) in [4.78, 5) is 22.8. The maximum Gasteiger partial charge on any atom is 0.337 e. The molecule has 0 radical (unpaired) electrons. The number of aromatic carboxylic acids is 1. The number of aryl methyl sites for hydroxylation is 1. The van der Waals surface area contributed by atoms with Crippen molar-refractivity contribution < 1.29 is 23.4 Å². The van der Waals surface area contributed by atoms with E-state index in [1.54, 1.807) is 0 Å². The first-order chi connectivity index (χ1) is 8.84. The Kier molecular flexibility index (Phi) is 5.17. The second kappa shape index (κ2) is 6.42. The summed E-state index contributed by atoms with van der Waals surface area (Å²) in [6, 6.07) is 1.21. The number of ether oxygens (including phenoxy) is 1. The Morgan fingerprint density at radius 2 is 2.11 bits per heavy atom. The molecule has 5 nitrogen and oxygen atoms in total. The zero-order valence-corrected chi connectivity index (χ0v) is 10.7. The topological polar surface area (TPSA) is 68.5 Å². The fourth-order valence-electron chi connectivity index (χ4n) is 1.85. The summed E-state index contributed by atoms with van der Waals surface area (Å²) >= 11 is 0. The van der Waals surface area contributed by atoms with Gasteiger partial charge < -0.3 is 14.4 Å². The molecule has 0 saturated heterocycles. The molecule has 1 aromatic rings. The number of pyridine rings is 1. The number of carbonyl (C=O) groups is 1. The molecule has 106 valence electrons. The van der Waals surface area contributed by atoms with Gasteiger partial charge in [0.25, 0.3) is 12.0 Å². The number of carboxylic acid groups (broad SMARTS) is 1. The molecule has 0 saturated carbocycles. The summed E-state index contributed by atoms with van der Waals surface area (Å²) in [5.41, 5.74) is 0.340. The highest BCUT2D eigenvalue weighted by Gasteiger charge is 2.15. The van der Waals surface area contributed by atoms with E-state index in [1.807, 2.05) is 0 Å². The van der Waals surface area contributed by atoms with E-state index in [0.717, 1.165) is 0 Å². The molecule has 7 heteroatoms. The molecule has 0 atom stereocenters. The predicted molar refractivity (Wildman–Crippen MR) is 64.0 cm³/mol. The van der Waals surface area contributed by atoms with Gasteiger partial charge in [0, 0.05) is 18.3 Å². The SMILES string of the molecule is Cc1cc(=O)n(CCOCC(F)F)c(C)c1C(=O)O. The normalized spacial score (nSPS) is 11.0. The lowest BCUT2D eigenvalue weighted by atomic mass is 10.1. The monoisotopic (exact) mass is 275 g/mol. The molecular formula is C12H15F2NO4. The molecule has 1 rings (SSSR count). The van der Waals surface area contributed by atoms with E-state index in [0.29, 0.717) is 5.56 Å². The van der Waals surface area contributed by atoms with Crippen LogP contribution in [-0.2, 0) is 11.3 Å². The van der Waals surface area contributed by atoms with Crippen LogP contribution in [0.25, 0.3) is 0 Å². The Bertz CT molecular complexity index is 525. The van der Waals surface area contributed by atoms with Crippen LogP contribution in [0.1, 0.15) is 21.6 Å². The Morgan fingerprint density at radius 3 is 2.63 bits per heavy atom. The Labute approximate surface area is 108 Å². The summed E-state index contributed by atoms with van der Waals surface area (Å²) in [5.74, 6) is -1.13. The second-order valence-electron chi connectivity index (χ2n) is 4.05. The van der Waals surface area contributed by atoms with Crippen LogP contribution in [0.2, 0.25) is 0 Å². The van der Waals surface area contributed by atoms with Crippen LogP contribution in [0.5, 0.6) is 0 Å². The molecule has 0 amide bonds. The summed E-state index contributed by atoms with van der Waals surface area (Å²) in [6.07, 6.45) is -2.56. The number of hydrogen-bond acceptors (Lipinski definition) is 3.